The summed E-state index contributed by atoms with van der Waals surface area (Å²) in [5.74, 6) is -1.50. The molecule has 5 heteroatoms. The zero-order valence-corrected chi connectivity index (χ0v) is 16.8. The molecule has 1 saturated heterocycles. The first-order chi connectivity index (χ1) is 14.5. The normalized spacial score (nSPS) is 23.7. The van der Waals surface area contributed by atoms with E-state index < -0.39 is 24.0 Å². The molecule has 3 aromatic carbocycles. The molecule has 4 rings (SSSR count). The van der Waals surface area contributed by atoms with Crippen molar-refractivity contribution in [1.29, 1.82) is 0 Å². The molecule has 30 heavy (non-hydrogen) atoms. The Bertz CT molecular complexity index is 960. The van der Waals surface area contributed by atoms with Crippen LogP contribution in [0.1, 0.15) is 35.8 Å². The molecular formula is C25H25NO4. The van der Waals surface area contributed by atoms with E-state index in [1.807, 2.05) is 91.0 Å². The molecule has 154 valence electrons. The summed E-state index contributed by atoms with van der Waals surface area (Å²) in [4.78, 5) is 14.7. The molecule has 1 N–H and O–H groups in total. The van der Waals surface area contributed by atoms with Gasteiger partial charge in [-0.3, -0.25) is 4.90 Å². The van der Waals surface area contributed by atoms with Crippen molar-refractivity contribution in [3.05, 3.63) is 108 Å². The number of carbonyl (C=O) groups is 1. The quantitative estimate of drug-likeness (QED) is 0.677. The molecule has 1 amide bonds. The summed E-state index contributed by atoms with van der Waals surface area (Å²) >= 11 is 0. The van der Waals surface area contributed by atoms with Crippen LogP contribution in [0.15, 0.2) is 91.0 Å². The van der Waals surface area contributed by atoms with Crippen LogP contribution in [0.25, 0.3) is 0 Å². The highest BCUT2D eigenvalue weighted by atomic mass is 16.6. The molecule has 5 nitrogen and oxygen atoms in total. The van der Waals surface area contributed by atoms with E-state index in [9.17, 15) is 9.90 Å². The van der Waals surface area contributed by atoms with Crippen molar-refractivity contribution in [2.24, 2.45) is 0 Å². The molecule has 1 aliphatic heterocycles. The second-order valence-electron chi connectivity index (χ2n) is 7.65. The predicted octanol–water partition coefficient (Wildman–Crippen LogP) is 4.85. The van der Waals surface area contributed by atoms with Gasteiger partial charge in [-0.1, -0.05) is 91.0 Å². The van der Waals surface area contributed by atoms with Crippen LogP contribution in [0.4, 0.5) is 4.79 Å². The lowest BCUT2D eigenvalue weighted by molar-refractivity contribution is -0.271. The maximum absolute atomic E-state index is 13.2. The number of hydrogen-bond acceptors (Lipinski definition) is 4. The van der Waals surface area contributed by atoms with Crippen molar-refractivity contribution in [3.63, 3.8) is 0 Å². The molecule has 3 aromatic rings. The standard InChI is InChI=1S/C25H25NO4/c1-25(28)18-26(24(27)29-17-19-11-5-2-6-12-19)22(20-13-7-3-8-14-20)23(30-25)21-15-9-4-10-16-21/h2-16,22-23,28H,17-18H2,1H3/t22-,23+,25?/m1/s1. The second kappa shape index (κ2) is 8.69. The summed E-state index contributed by atoms with van der Waals surface area (Å²) in [6.45, 7) is 1.74. The predicted molar refractivity (Wildman–Crippen MR) is 113 cm³/mol. The number of aliphatic hydroxyl groups is 1. The van der Waals surface area contributed by atoms with E-state index in [4.69, 9.17) is 9.47 Å². The summed E-state index contributed by atoms with van der Waals surface area (Å²) in [5.41, 5.74) is 2.70. The monoisotopic (exact) mass is 403 g/mol. The summed E-state index contributed by atoms with van der Waals surface area (Å²) in [6, 6.07) is 28.5. The Balaban J connectivity index is 1.67. The van der Waals surface area contributed by atoms with Crippen LogP contribution in [-0.2, 0) is 16.1 Å². The van der Waals surface area contributed by atoms with E-state index in [1.165, 1.54) is 0 Å². The third kappa shape index (κ3) is 4.53. The van der Waals surface area contributed by atoms with E-state index in [1.54, 1.807) is 11.8 Å². The lowest BCUT2D eigenvalue weighted by atomic mass is 9.92. The van der Waals surface area contributed by atoms with Crippen LogP contribution < -0.4 is 0 Å². The van der Waals surface area contributed by atoms with E-state index in [2.05, 4.69) is 0 Å². The van der Waals surface area contributed by atoms with Gasteiger partial charge < -0.3 is 14.6 Å². The Morgan fingerprint density at radius 1 is 0.967 bits per heavy atom. The van der Waals surface area contributed by atoms with Gasteiger partial charge in [0.2, 0.25) is 0 Å². The first-order valence-corrected chi connectivity index (χ1v) is 10.0. The Hall–Kier alpha value is -3.15. The zero-order valence-electron chi connectivity index (χ0n) is 16.8. The molecule has 0 aromatic heterocycles. The third-order valence-electron chi connectivity index (χ3n) is 5.18. The van der Waals surface area contributed by atoms with Crippen molar-refractivity contribution in [2.45, 2.75) is 31.5 Å². The summed E-state index contributed by atoms with van der Waals surface area (Å²) < 4.78 is 11.7. The molecule has 0 saturated carbocycles. The average molecular weight is 403 g/mol. The molecular weight excluding hydrogens is 378 g/mol. The highest BCUT2D eigenvalue weighted by Crippen LogP contribution is 2.43. The van der Waals surface area contributed by atoms with Crippen LogP contribution in [0, 0.1) is 0 Å². The first-order valence-electron chi connectivity index (χ1n) is 10.0. The number of morpholine rings is 1. The highest BCUT2D eigenvalue weighted by molar-refractivity contribution is 5.69. The number of amides is 1. The second-order valence-corrected chi connectivity index (χ2v) is 7.65. The van der Waals surface area contributed by atoms with Crippen LogP contribution >= 0.6 is 0 Å². The number of nitrogens with zero attached hydrogens (tertiary/aromatic N) is 1. The molecule has 0 bridgehead atoms. The Labute approximate surface area is 176 Å². The largest absolute Gasteiger partial charge is 0.445 e. The minimum Gasteiger partial charge on any atom is -0.445 e. The lowest BCUT2D eigenvalue weighted by Crippen LogP contribution is -2.54. The van der Waals surface area contributed by atoms with Crippen molar-refractivity contribution in [2.75, 3.05) is 6.54 Å². The van der Waals surface area contributed by atoms with Crippen LogP contribution in [0.5, 0.6) is 0 Å². The fourth-order valence-corrected chi connectivity index (χ4v) is 3.83. The van der Waals surface area contributed by atoms with Crippen molar-refractivity contribution < 1.29 is 19.4 Å². The fraction of sp³-hybridized carbons (Fsp3) is 0.240. The fourth-order valence-electron chi connectivity index (χ4n) is 3.83. The SMILES string of the molecule is CC1(O)CN(C(=O)OCc2ccccc2)[C@H](c2ccccc2)[C@H](c2ccccc2)O1. The van der Waals surface area contributed by atoms with Crippen LogP contribution in [-0.4, -0.2) is 28.4 Å². The summed E-state index contributed by atoms with van der Waals surface area (Å²) in [5, 5.41) is 10.8. The molecule has 3 atom stereocenters. The molecule has 0 radical (unpaired) electrons. The topological polar surface area (TPSA) is 59.0 Å². The number of hydrogen-bond donors (Lipinski definition) is 1. The number of benzene rings is 3. The number of ether oxygens (including phenoxy) is 2. The minimum atomic E-state index is -1.50. The van der Waals surface area contributed by atoms with Crippen molar-refractivity contribution in [1.82, 2.24) is 4.90 Å². The Morgan fingerprint density at radius 3 is 2.10 bits per heavy atom. The van der Waals surface area contributed by atoms with Gasteiger partial charge in [0.25, 0.3) is 0 Å². The maximum atomic E-state index is 13.2. The molecule has 1 unspecified atom stereocenters. The zero-order chi connectivity index (χ0) is 21.0. The van der Waals surface area contributed by atoms with Gasteiger partial charge in [-0.25, -0.2) is 4.79 Å². The van der Waals surface area contributed by atoms with Gasteiger partial charge in [-0.15, -0.1) is 0 Å². The molecule has 1 fully saturated rings. The maximum Gasteiger partial charge on any atom is 0.410 e. The van der Waals surface area contributed by atoms with E-state index in [-0.39, 0.29) is 13.2 Å². The van der Waals surface area contributed by atoms with Gasteiger partial charge >= 0.3 is 6.09 Å². The van der Waals surface area contributed by atoms with Gasteiger partial charge in [-0.05, 0) is 23.6 Å². The van der Waals surface area contributed by atoms with Gasteiger partial charge in [0.1, 0.15) is 12.7 Å². The molecule has 0 spiro atoms. The smallest absolute Gasteiger partial charge is 0.410 e. The van der Waals surface area contributed by atoms with Crippen molar-refractivity contribution >= 4 is 6.09 Å². The van der Waals surface area contributed by atoms with Gasteiger partial charge in [0.05, 0.1) is 12.6 Å². The summed E-state index contributed by atoms with van der Waals surface area (Å²) in [7, 11) is 0. The third-order valence-corrected chi connectivity index (χ3v) is 5.18. The first kappa shape index (κ1) is 20.1. The Morgan fingerprint density at radius 2 is 1.50 bits per heavy atom. The lowest BCUT2D eigenvalue weighted by Gasteiger charge is -2.47. The van der Waals surface area contributed by atoms with Gasteiger partial charge in [0.15, 0.2) is 5.79 Å². The van der Waals surface area contributed by atoms with E-state index in [0.717, 1.165) is 16.7 Å². The van der Waals surface area contributed by atoms with E-state index >= 15 is 0 Å². The van der Waals surface area contributed by atoms with Gasteiger partial charge in [-0.2, -0.15) is 0 Å². The van der Waals surface area contributed by atoms with Crippen molar-refractivity contribution in [3.8, 4) is 0 Å². The Kier molecular flexibility index (Phi) is 5.84. The number of rotatable bonds is 4. The molecule has 1 heterocycles. The van der Waals surface area contributed by atoms with Gasteiger partial charge in [0, 0.05) is 0 Å². The number of carbonyl (C=O) groups excluding carboxylic acids is 1. The van der Waals surface area contributed by atoms with E-state index in [0.29, 0.717) is 0 Å². The highest BCUT2D eigenvalue weighted by Gasteiger charge is 2.46. The number of β-amino-alcohol motifs (C(OH)–C–C–N with tert-alkyl or cyclic N) is 1. The van der Waals surface area contributed by atoms with Crippen LogP contribution in [0.2, 0.25) is 0 Å². The average Bonchev–Trinajstić information content (AvgIpc) is 2.78. The minimum absolute atomic E-state index is 0.00349. The molecule has 0 aliphatic carbocycles. The van der Waals surface area contributed by atoms with Crippen LogP contribution in [0.3, 0.4) is 0 Å². The summed E-state index contributed by atoms with van der Waals surface area (Å²) in [6.07, 6.45) is -1.03. The molecule has 1 aliphatic rings.